The van der Waals surface area contributed by atoms with Crippen molar-refractivity contribution in [2.75, 3.05) is 5.32 Å². The zero-order valence-electron chi connectivity index (χ0n) is 9.47. The Kier molecular flexibility index (Phi) is 3.05. The first-order valence-corrected chi connectivity index (χ1v) is 5.09. The molecule has 0 atom stereocenters. The summed E-state index contributed by atoms with van der Waals surface area (Å²) in [6, 6.07) is 2.72. The van der Waals surface area contributed by atoms with E-state index in [1.54, 1.807) is 0 Å². The molecule has 0 aromatic carbocycles. The van der Waals surface area contributed by atoms with Gasteiger partial charge in [-0.05, 0) is 19.1 Å². The summed E-state index contributed by atoms with van der Waals surface area (Å²) < 4.78 is 0. The molecule has 2 aromatic rings. The quantitative estimate of drug-likeness (QED) is 0.750. The maximum absolute atomic E-state index is 11.8. The van der Waals surface area contributed by atoms with Gasteiger partial charge in [0.2, 0.25) is 0 Å². The molecule has 7 heteroatoms. The predicted octanol–water partition coefficient (Wildman–Crippen LogP) is 1.06. The summed E-state index contributed by atoms with van der Waals surface area (Å²) in [5, 5.41) is 17.7. The SMILES string of the molecule is Cc1nc(C(=O)Nc2cn[nH]c2)ccc1C(=O)O. The zero-order chi connectivity index (χ0) is 13.1. The van der Waals surface area contributed by atoms with E-state index in [4.69, 9.17) is 5.11 Å². The molecule has 2 aromatic heterocycles. The Bertz CT molecular complexity index is 592. The minimum absolute atomic E-state index is 0.0786. The molecule has 1 amide bonds. The molecule has 0 radical (unpaired) electrons. The topological polar surface area (TPSA) is 108 Å². The van der Waals surface area contributed by atoms with Crippen LogP contribution in [0.5, 0.6) is 0 Å². The first-order chi connectivity index (χ1) is 8.58. The molecule has 0 bridgehead atoms. The van der Waals surface area contributed by atoms with Gasteiger partial charge in [-0.2, -0.15) is 5.10 Å². The van der Waals surface area contributed by atoms with Crippen LogP contribution in [0.2, 0.25) is 0 Å². The van der Waals surface area contributed by atoms with Gasteiger partial charge in [-0.25, -0.2) is 9.78 Å². The van der Waals surface area contributed by atoms with Crippen LogP contribution in [-0.4, -0.2) is 32.2 Å². The number of hydrogen-bond acceptors (Lipinski definition) is 4. The summed E-state index contributed by atoms with van der Waals surface area (Å²) >= 11 is 0. The van der Waals surface area contributed by atoms with Gasteiger partial charge < -0.3 is 10.4 Å². The van der Waals surface area contributed by atoms with Crippen LogP contribution in [0.3, 0.4) is 0 Å². The summed E-state index contributed by atoms with van der Waals surface area (Å²) in [4.78, 5) is 26.5. The number of nitrogens with zero attached hydrogens (tertiary/aromatic N) is 2. The molecule has 0 unspecified atom stereocenters. The van der Waals surface area contributed by atoms with Crippen molar-refractivity contribution in [2.24, 2.45) is 0 Å². The van der Waals surface area contributed by atoms with E-state index in [0.29, 0.717) is 11.4 Å². The number of aromatic carboxylic acids is 1. The maximum atomic E-state index is 11.8. The Morgan fingerprint density at radius 1 is 1.39 bits per heavy atom. The van der Waals surface area contributed by atoms with E-state index in [2.05, 4.69) is 20.5 Å². The number of pyridine rings is 1. The number of aromatic nitrogens is 3. The molecule has 0 fully saturated rings. The summed E-state index contributed by atoms with van der Waals surface area (Å²) in [7, 11) is 0. The molecule has 0 aliphatic carbocycles. The number of carboxylic acids is 1. The molecule has 2 rings (SSSR count). The lowest BCUT2D eigenvalue weighted by atomic mass is 10.2. The van der Waals surface area contributed by atoms with Crippen LogP contribution in [0, 0.1) is 6.92 Å². The van der Waals surface area contributed by atoms with E-state index in [1.807, 2.05) is 0 Å². The Morgan fingerprint density at radius 3 is 2.72 bits per heavy atom. The third-order valence-corrected chi connectivity index (χ3v) is 2.30. The van der Waals surface area contributed by atoms with E-state index in [9.17, 15) is 9.59 Å². The lowest BCUT2D eigenvalue weighted by molar-refractivity contribution is 0.0695. The largest absolute Gasteiger partial charge is 0.478 e. The highest BCUT2D eigenvalue weighted by Gasteiger charge is 2.13. The average molecular weight is 246 g/mol. The van der Waals surface area contributed by atoms with Gasteiger partial charge in [0.25, 0.3) is 5.91 Å². The molecule has 0 spiro atoms. The Hall–Kier alpha value is -2.70. The summed E-state index contributed by atoms with van der Waals surface area (Å²) in [6.45, 7) is 1.54. The molecule has 92 valence electrons. The van der Waals surface area contributed by atoms with Crippen LogP contribution in [0.4, 0.5) is 5.69 Å². The van der Waals surface area contributed by atoms with Crippen molar-refractivity contribution in [3.05, 3.63) is 41.5 Å². The fourth-order valence-electron chi connectivity index (χ4n) is 1.43. The van der Waals surface area contributed by atoms with Crippen molar-refractivity contribution in [3.8, 4) is 0 Å². The van der Waals surface area contributed by atoms with Crippen molar-refractivity contribution in [3.63, 3.8) is 0 Å². The number of hydrogen-bond donors (Lipinski definition) is 3. The first kappa shape index (κ1) is 11.8. The summed E-state index contributed by atoms with van der Waals surface area (Å²) in [5.74, 6) is -1.49. The monoisotopic (exact) mass is 246 g/mol. The Morgan fingerprint density at radius 2 is 2.17 bits per heavy atom. The molecular formula is C11H10N4O3. The second-order valence-corrected chi connectivity index (χ2v) is 3.58. The van der Waals surface area contributed by atoms with Gasteiger partial charge in [-0.1, -0.05) is 0 Å². The minimum atomic E-state index is -1.07. The third kappa shape index (κ3) is 2.34. The van der Waals surface area contributed by atoms with Gasteiger partial charge in [-0.3, -0.25) is 9.89 Å². The first-order valence-electron chi connectivity index (χ1n) is 5.09. The molecule has 3 N–H and O–H groups in total. The van der Waals surface area contributed by atoms with Gasteiger partial charge in [0.1, 0.15) is 5.69 Å². The fraction of sp³-hybridized carbons (Fsp3) is 0.0909. The molecule has 2 heterocycles. The highest BCUT2D eigenvalue weighted by molar-refractivity contribution is 6.03. The highest BCUT2D eigenvalue weighted by Crippen LogP contribution is 2.09. The third-order valence-electron chi connectivity index (χ3n) is 2.30. The van der Waals surface area contributed by atoms with E-state index >= 15 is 0 Å². The molecule has 7 nitrogen and oxygen atoms in total. The molecule has 18 heavy (non-hydrogen) atoms. The van der Waals surface area contributed by atoms with Crippen LogP contribution in [0.15, 0.2) is 24.5 Å². The van der Waals surface area contributed by atoms with E-state index < -0.39 is 11.9 Å². The van der Waals surface area contributed by atoms with Gasteiger partial charge in [0, 0.05) is 6.20 Å². The number of carboxylic acid groups (broad SMARTS) is 1. The number of aryl methyl sites for hydroxylation is 1. The lowest BCUT2D eigenvalue weighted by Crippen LogP contribution is -2.15. The van der Waals surface area contributed by atoms with E-state index in [-0.39, 0.29) is 11.3 Å². The Labute approximate surface area is 102 Å². The second kappa shape index (κ2) is 4.66. The molecular weight excluding hydrogens is 236 g/mol. The van der Waals surface area contributed by atoms with Crippen molar-refractivity contribution < 1.29 is 14.7 Å². The number of H-pyrrole nitrogens is 1. The molecule has 0 aliphatic rings. The van der Waals surface area contributed by atoms with E-state index in [0.717, 1.165) is 0 Å². The van der Waals surface area contributed by atoms with Gasteiger partial charge in [-0.15, -0.1) is 0 Å². The van der Waals surface area contributed by atoms with Crippen molar-refractivity contribution in [1.29, 1.82) is 0 Å². The van der Waals surface area contributed by atoms with Crippen molar-refractivity contribution >= 4 is 17.6 Å². The molecule has 0 saturated carbocycles. The smallest absolute Gasteiger partial charge is 0.337 e. The van der Waals surface area contributed by atoms with Crippen LogP contribution in [0.1, 0.15) is 26.5 Å². The number of carbonyl (C=O) groups excluding carboxylic acids is 1. The highest BCUT2D eigenvalue weighted by atomic mass is 16.4. The Balaban J connectivity index is 2.21. The van der Waals surface area contributed by atoms with Crippen LogP contribution in [-0.2, 0) is 0 Å². The number of anilines is 1. The van der Waals surface area contributed by atoms with Crippen LogP contribution >= 0.6 is 0 Å². The van der Waals surface area contributed by atoms with E-state index in [1.165, 1.54) is 31.5 Å². The number of aromatic amines is 1. The van der Waals surface area contributed by atoms with Gasteiger partial charge >= 0.3 is 5.97 Å². The standard InChI is InChI=1S/C11H10N4O3/c1-6-8(11(17)18)2-3-9(14-6)10(16)15-7-4-12-13-5-7/h2-5H,1H3,(H,12,13)(H,15,16)(H,17,18). The van der Waals surface area contributed by atoms with Crippen molar-refractivity contribution in [1.82, 2.24) is 15.2 Å². The number of amides is 1. The normalized spacial score (nSPS) is 10.1. The number of nitrogens with one attached hydrogen (secondary N) is 2. The lowest BCUT2D eigenvalue weighted by Gasteiger charge is -2.04. The number of carbonyl (C=O) groups is 2. The molecule has 0 saturated heterocycles. The average Bonchev–Trinajstić information content (AvgIpc) is 2.81. The fourth-order valence-corrected chi connectivity index (χ4v) is 1.43. The van der Waals surface area contributed by atoms with Crippen LogP contribution < -0.4 is 5.32 Å². The predicted molar refractivity (Wildman–Crippen MR) is 62.5 cm³/mol. The second-order valence-electron chi connectivity index (χ2n) is 3.58. The summed E-state index contributed by atoms with van der Waals surface area (Å²) in [6.07, 6.45) is 2.98. The zero-order valence-corrected chi connectivity index (χ0v) is 9.47. The maximum Gasteiger partial charge on any atom is 0.337 e. The van der Waals surface area contributed by atoms with Crippen LogP contribution in [0.25, 0.3) is 0 Å². The molecule has 0 aliphatic heterocycles. The van der Waals surface area contributed by atoms with Gasteiger partial charge in [0.05, 0.1) is 23.1 Å². The number of rotatable bonds is 3. The van der Waals surface area contributed by atoms with Crippen molar-refractivity contribution in [2.45, 2.75) is 6.92 Å². The van der Waals surface area contributed by atoms with Gasteiger partial charge in [0.15, 0.2) is 0 Å². The summed E-state index contributed by atoms with van der Waals surface area (Å²) in [5.41, 5.74) is 1.04. The minimum Gasteiger partial charge on any atom is -0.478 e.